The Balaban J connectivity index is 3.75. The molecule has 0 spiro atoms. The van der Waals surface area contributed by atoms with Gasteiger partial charge in [-0.2, -0.15) is 0 Å². The number of rotatable bonds is 37. The summed E-state index contributed by atoms with van der Waals surface area (Å²) >= 11 is 0. The highest BCUT2D eigenvalue weighted by Crippen LogP contribution is 2.14. The van der Waals surface area contributed by atoms with E-state index in [-0.39, 0.29) is 6.61 Å². The van der Waals surface area contributed by atoms with E-state index in [0.717, 1.165) is 44.9 Å². The van der Waals surface area contributed by atoms with E-state index in [1.165, 1.54) is 141 Å². The van der Waals surface area contributed by atoms with Crippen LogP contribution in [0, 0.1) is 0 Å². The first-order chi connectivity index (χ1) is 23.6. The van der Waals surface area contributed by atoms with Gasteiger partial charge >= 0.3 is 0 Å². The number of carbonyl (C=O) groups excluding carboxylic acids is 1. The van der Waals surface area contributed by atoms with E-state index in [1.807, 2.05) is 6.08 Å². The van der Waals surface area contributed by atoms with Gasteiger partial charge < -0.3 is 20.6 Å². The first kappa shape index (κ1) is 46.6. The number of amides is 1. The third-order valence-corrected chi connectivity index (χ3v) is 9.46. The largest absolute Gasteiger partial charge is 0.394 e. The van der Waals surface area contributed by atoms with Gasteiger partial charge in [0.2, 0.25) is 5.91 Å². The molecule has 5 heteroatoms. The number of hydrogen-bond donors (Lipinski definition) is 4. The van der Waals surface area contributed by atoms with Crippen molar-refractivity contribution in [2.24, 2.45) is 0 Å². The van der Waals surface area contributed by atoms with Crippen LogP contribution in [-0.2, 0) is 4.79 Å². The molecule has 3 unspecified atom stereocenters. The topological polar surface area (TPSA) is 89.8 Å². The van der Waals surface area contributed by atoms with Crippen molar-refractivity contribution in [3.63, 3.8) is 0 Å². The van der Waals surface area contributed by atoms with Gasteiger partial charge in [-0.15, -0.1) is 0 Å². The summed E-state index contributed by atoms with van der Waals surface area (Å²) in [7, 11) is 0. The molecule has 3 atom stereocenters. The molecule has 0 aliphatic carbocycles. The van der Waals surface area contributed by atoms with E-state index in [2.05, 4.69) is 43.5 Å². The highest BCUT2D eigenvalue weighted by molar-refractivity contribution is 5.80. The smallest absolute Gasteiger partial charge is 0.249 e. The number of aliphatic hydroxyl groups is 3. The van der Waals surface area contributed by atoms with Crippen LogP contribution in [-0.4, -0.2) is 46.1 Å². The molecule has 0 aliphatic rings. The molecule has 0 fully saturated rings. The van der Waals surface area contributed by atoms with Crippen molar-refractivity contribution >= 4 is 5.91 Å². The Hall–Kier alpha value is -1.43. The molecule has 0 aliphatic heterocycles. The molecule has 0 aromatic heterocycles. The van der Waals surface area contributed by atoms with E-state index in [9.17, 15) is 20.1 Å². The second kappa shape index (κ2) is 38.4. The SMILES string of the molecule is CCCCCCCCCCCCCC/C=C/CC/C=C/CC/C=C/C(O)C(CO)NC(=O)C(O)CCCCCCCCCCCCCC. The Bertz CT molecular complexity index is 749. The number of nitrogens with one attached hydrogen (secondary N) is 1. The quantitative estimate of drug-likeness (QED) is 0.0390. The number of allylic oxidation sites excluding steroid dienone is 5. The Morgan fingerprint density at radius 2 is 0.854 bits per heavy atom. The predicted molar refractivity (Wildman–Crippen MR) is 208 cm³/mol. The molecule has 5 nitrogen and oxygen atoms in total. The van der Waals surface area contributed by atoms with Crippen LogP contribution in [0.4, 0.5) is 0 Å². The first-order valence-electron chi connectivity index (χ1n) is 20.8. The molecule has 1 amide bonds. The number of carbonyl (C=O) groups is 1. The lowest BCUT2D eigenvalue weighted by molar-refractivity contribution is -0.131. The Kier molecular flexibility index (Phi) is 37.2. The van der Waals surface area contributed by atoms with Crippen LogP contribution in [0.25, 0.3) is 0 Å². The average Bonchev–Trinajstić information content (AvgIpc) is 3.09. The summed E-state index contributed by atoms with van der Waals surface area (Å²) in [6.45, 7) is 4.15. The summed E-state index contributed by atoms with van der Waals surface area (Å²) in [5.41, 5.74) is 0. The van der Waals surface area contributed by atoms with Crippen LogP contribution in [0.1, 0.15) is 206 Å². The zero-order valence-electron chi connectivity index (χ0n) is 31.9. The van der Waals surface area contributed by atoms with Crippen molar-refractivity contribution in [3.8, 4) is 0 Å². The third-order valence-electron chi connectivity index (χ3n) is 9.46. The van der Waals surface area contributed by atoms with Crippen molar-refractivity contribution in [1.82, 2.24) is 5.32 Å². The van der Waals surface area contributed by atoms with Gasteiger partial charge in [-0.1, -0.05) is 198 Å². The Morgan fingerprint density at radius 1 is 0.500 bits per heavy atom. The maximum Gasteiger partial charge on any atom is 0.249 e. The fourth-order valence-corrected chi connectivity index (χ4v) is 6.16. The van der Waals surface area contributed by atoms with Crippen LogP contribution < -0.4 is 5.32 Å². The summed E-state index contributed by atoms with van der Waals surface area (Å²) in [6, 6.07) is -0.817. The number of aliphatic hydroxyl groups excluding tert-OH is 3. The molecule has 282 valence electrons. The second-order valence-electron chi connectivity index (χ2n) is 14.2. The van der Waals surface area contributed by atoms with Crippen LogP contribution in [0.2, 0.25) is 0 Å². The summed E-state index contributed by atoms with van der Waals surface area (Å²) in [6.07, 6.45) is 47.5. The molecule has 0 saturated heterocycles. The normalized spacial score (nSPS) is 14.0. The van der Waals surface area contributed by atoms with Gasteiger partial charge in [0.1, 0.15) is 6.10 Å². The Labute approximate surface area is 298 Å². The minimum Gasteiger partial charge on any atom is -0.394 e. The van der Waals surface area contributed by atoms with Gasteiger partial charge in [-0.25, -0.2) is 0 Å². The van der Waals surface area contributed by atoms with Gasteiger partial charge in [-0.05, 0) is 44.9 Å². The zero-order valence-corrected chi connectivity index (χ0v) is 31.9. The molecule has 0 aromatic carbocycles. The van der Waals surface area contributed by atoms with Crippen LogP contribution in [0.15, 0.2) is 36.5 Å². The van der Waals surface area contributed by atoms with E-state index in [1.54, 1.807) is 6.08 Å². The Morgan fingerprint density at radius 3 is 1.27 bits per heavy atom. The highest BCUT2D eigenvalue weighted by Gasteiger charge is 2.22. The molecule has 0 aromatic rings. The lowest BCUT2D eigenvalue weighted by atomic mass is 10.0. The van der Waals surface area contributed by atoms with E-state index in [0.29, 0.717) is 6.42 Å². The van der Waals surface area contributed by atoms with Crippen molar-refractivity contribution in [1.29, 1.82) is 0 Å². The molecule has 0 rings (SSSR count). The molecule has 0 heterocycles. The summed E-state index contributed by atoms with van der Waals surface area (Å²) in [5, 5.41) is 33.0. The molecular formula is C43H81NO4. The maximum absolute atomic E-state index is 12.4. The first-order valence-corrected chi connectivity index (χ1v) is 20.8. The van der Waals surface area contributed by atoms with Crippen LogP contribution in [0.3, 0.4) is 0 Å². The van der Waals surface area contributed by atoms with Gasteiger partial charge in [0.15, 0.2) is 0 Å². The fourth-order valence-electron chi connectivity index (χ4n) is 6.16. The van der Waals surface area contributed by atoms with Gasteiger partial charge in [0, 0.05) is 0 Å². The third kappa shape index (κ3) is 33.1. The molecule has 0 saturated carbocycles. The lowest BCUT2D eigenvalue weighted by Gasteiger charge is -2.21. The van der Waals surface area contributed by atoms with E-state index >= 15 is 0 Å². The zero-order chi connectivity index (χ0) is 35.2. The van der Waals surface area contributed by atoms with Gasteiger partial charge in [0.05, 0.1) is 18.8 Å². The summed E-state index contributed by atoms with van der Waals surface area (Å²) in [4.78, 5) is 12.4. The van der Waals surface area contributed by atoms with Gasteiger partial charge in [-0.3, -0.25) is 4.79 Å². The molecule has 0 bridgehead atoms. The summed E-state index contributed by atoms with van der Waals surface area (Å²) < 4.78 is 0. The number of unbranched alkanes of at least 4 members (excludes halogenated alkanes) is 25. The second-order valence-corrected chi connectivity index (χ2v) is 14.2. The fraction of sp³-hybridized carbons (Fsp3) is 0.837. The van der Waals surface area contributed by atoms with E-state index < -0.39 is 24.2 Å². The minimum atomic E-state index is -1.10. The molecular weight excluding hydrogens is 594 g/mol. The van der Waals surface area contributed by atoms with E-state index in [4.69, 9.17) is 0 Å². The summed E-state index contributed by atoms with van der Waals surface area (Å²) in [5.74, 6) is -0.518. The molecule has 0 radical (unpaired) electrons. The standard InChI is InChI=1S/C43H81NO4/c1-3-5-7-9-11-13-15-17-18-19-20-21-22-23-24-25-26-28-29-31-33-35-37-41(46)40(39-45)44-43(48)42(47)38-36-34-32-30-27-16-14-12-10-8-6-4-2/h23-24,28-29,35,37,40-42,45-47H,3-22,25-27,30-34,36,38-39H2,1-2H3,(H,44,48)/b24-23+,29-28+,37-35+. The average molecular weight is 676 g/mol. The number of hydrogen-bond acceptors (Lipinski definition) is 4. The van der Waals surface area contributed by atoms with Gasteiger partial charge in [0.25, 0.3) is 0 Å². The van der Waals surface area contributed by atoms with Crippen molar-refractivity contribution < 1.29 is 20.1 Å². The lowest BCUT2D eigenvalue weighted by Crippen LogP contribution is -2.48. The van der Waals surface area contributed by atoms with Crippen LogP contribution >= 0.6 is 0 Å². The monoisotopic (exact) mass is 676 g/mol. The highest BCUT2D eigenvalue weighted by atomic mass is 16.3. The predicted octanol–water partition coefficient (Wildman–Crippen LogP) is 11.6. The molecule has 48 heavy (non-hydrogen) atoms. The van der Waals surface area contributed by atoms with Crippen molar-refractivity contribution in [3.05, 3.63) is 36.5 Å². The minimum absolute atomic E-state index is 0.380. The maximum atomic E-state index is 12.4. The van der Waals surface area contributed by atoms with Crippen molar-refractivity contribution in [2.45, 2.75) is 225 Å². The van der Waals surface area contributed by atoms with Crippen molar-refractivity contribution in [2.75, 3.05) is 6.61 Å². The van der Waals surface area contributed by atoms with Crippen LogP contribution in [0.5, 0.6) is 0 Å². The molecule has 4 N–H and O–H groups in total.